The van der Waals surface area contributed by atoms with Crippen LogP contribution >= 0.6 is 11.8 Å². The minimum atomic E-state index is -3.56. The molecule has 1 aromatic carbocycles. The third-order valence-electron chi connectivity index (χ3n) is 3.11. The average Bonchev–Trinajstić information content (AvgIpc) is 2.50. The number of rotatable bonds is 8. The number of benzene rings is 1. The molecule has 0 spiro atoms. The van der Waals surface area contributed by atoms with Crippen molar-refractivity contribution in [3.05, 3.63) is 29.8 Å². The Morgan fingerprint density at radius 1 is 1.26 bits per heavy atom. The normalized spacial score (nSPS) is 12.9. The maximum atomic E-state index is 12.1. The average molecular weight is 360 g/mol. The Balaban J connectivity index is 2.87. The molecule has 0 aliphatic heterocycles. The van der Waals surface area contributed by atoms with E-state index in [2.05, 4.69) is 5.32 Å². The molecule has 2 N–H and O–H groups in total. The number of thioether (sulfide) groups is 1. The number of carbonyl (C=O) groups excluding carboxylic acids is 1. The standard InChI is InChI=1S/C14H20N2O5S2/c1-16(2)23(20,21)11-6-4-10(5-7-11)13(17)15-12(14(18)19)8-9-22-3/h4-7,12H,8-9H2,1-3H3,(H,15,17)(H,18,19). The summed E-state index contributed by atoms with van der Waals surface area (Å²) in [5.41, 5.74) is 0.207. The van der Waals surface area contributed by atoms with Gasteiger partial charge in [-0.05, 0) is 42.7 Å². The Kier molecular flexibility index (Phi) is 7.04. The second-order valence-electron chi connectivity index (χ2n) is 4.96. The first kappa shape index (κ1) is 19.5. The summed E-state index contributed by atoms with van der Waals surface area (Å²) >= 11 is 1.49. The quantitative estimate of drug-likeness (QED) is 0.713. The molecule has 1 aromatic rings. The molecule has 0 bridgehead atoms. The monoisotopic (exact) mass is 360 g/mol. The lowest BCUT2D eigenvalue weighted by atomic mass is 10.1. The molecule has 9 heteroatoms. The van der Waals surface area contributed by atoms with Crippen molar-refractivity contribution in [3.63, 3.8) is 0 Å². The molecule has 1 rings (SSSR count). The molecule has 128 valence electrons. The minimum Gasteiger partial charge on any atom is -0.480 e. The summed E-state index contributed by atoms with van der Waals surface area (Å²) in [6.07, 6.45) is 2.17. The first-order chi connectivity index (χ1) is 10.7. The molecule has 23 heavy (non-hydrogen) atoms. The number of carboxylic acid groups (broad SMARTS) is 1. The van der Waals surface area contributed by atoms with Crippen LogP contribution in [0.4, 0.5) is 0 Å². The molecular weight excluding hydrogens is 340 g/mol. The highest BCUT2D eigenvalue weighted by Crippen LogP contribution is 2.14. The van der Waals surface area contributed by atoms with Crippen LogP contribution in [-0.2, 0) is 14.8 Å². The molecule has 0 radical (unpaired) electrons. The van der Waals surface area contributed by atoms with Crippen LogP contribution in [0.5, 0.6) is 0 Å². The maximum Gasteiger partial charge on any atom is 0.326 e. The largest absolute Gasteiger partial charge is 0.480 e. The van der Waals surface area contributed by atoms with Crippen LogP contribution in [0.2, 0.25) is 0 Å². The van der Waals surface area contributed by atoms with Gasteiger partial charge < -0.3 is 10.4 Å². The van der Waals surface area contributed by atoms with E-state index in [0.29, 0.717) is 12.2 Å². The lowest BCUT2D eigenvalue weighted by molar-refractivity contribution is -0.139. The Morgan fingerprint density at radius 3 is 2.26 bits per heavy atom. The smallest absolute Gasteiger partial charge is 0.326 e. The summed E-state index contributed by atoms with van der Waals surface area (Å²) in [6, 6.07) is 4.39. The van der Waals surface area contributed by atoms with Gasteiger partial charge in [0.2, 0.25) is 10.0 Å². The molecule has 1 unspecified atom stereocenters. The molecule has 0 heterocycles. The lowest BCUT2D eigenvalue weighted by Crippen LogP contribution is -2.41. The summed E-state index contributed by atoms with van der Waals surface area (Å²) in [5.74, 6) is -1.04. The van der Waals surface area contributed by atoms with Gasteiger partial charge >= 0.3 is 5.97 Å². The second kappa shape index (κ2) is 8.32. The number of carboxylic acids is 1. The van der Waals surface area contributed by atoms with Gasteiger partial charge in [0.1, 0.15) is 6.04 Å². The number of hydrogen-bond donors (Lipinski definition) is 2. The minimum absolute atomic E-state index is 0.0659. The number of carbonyl (C=O) groups is 2. The van der Waals surface area contributed by atoms with Crippen molar-refractivity contribution in [2.45, 2.75) is 17.4 Å². The summed E-state index contributed by atoms with van der Waals surface area (Å²) in [4.78, 5) is 23.3. The number of sulfonamides is 1. The van der Waals surface area contributed by atoms with Crippen molar-refractivity contribution in [2.75, 3.05) is 26.1 Å². The fourth-order valence-electron chi connectivity index (χ4n) is 1.72. The fraction of sp³-hybridized carbons (Fsp3) is 0.429. The van der Waals surface area contributed by atoms with Crippen LogP contribution in [-0.4, -0.2) is 61.9 Å². The van der Waals surface area contributed by atoms with E-state index in [1.807, 2.05) is 6.26 Å². The Morgan fingerprint density at radius 2 is 1.83 bits per heavy atom. The number of nitrogens with one attached hydrogen (secondary N) is 1. The Hall–Kier alpha value is -1.58. The molecule has 1 atom stereocenters. The molecule has 0 saturated carbocycles. The molecule has 0 fully saturated rings. The highest BCUT2D eigenvalue weighted by molar-refractivity contribution is 7.98. The van der Waals surface area contributed by atoms with E-state index >= 15 is 0 Å². The number of amides is 1. The van der Waals surface area contributed by atoms with Gasteiger partial charge in [0, 0.05) is 19.7 Å². The highest BCUT2D eigenvalue weighted by atomic mass is 32.2. The first-order valence-corrected chi connectivity index (χ1v) is 9.58. The van der Waals surface area contributed by atoms with Crippen LogP contribution in [0.3, 0.4) is 0 Å². The van der Waals surface area contributed by atoms with Gasteiger partial charge in [-0.2, -0.15) is 11.8 Å². The van der Waals surface area contributed by atoms with Crippen LogP contribution in [0, 0.1) is 0 Å². The lowest BCUT2D eigenvalue weighted by Gasteiger charge is -2.14. The molecule has 1 amide bonds. The van der Waals surface area contributed by atoms with Gasteiger partial charge in [0.05, 0.1) is 4.90 Å². The van der Waals surface area contributed by atoms with Gasteiger partial charge in [-0.1, -0.05) is 0 Å². The highest BCUT2D eigenvalue weighted by Gasteiger charge is 2.21. The summed E-state index contributed by atoms with van der Waals surface area (Å²) in [5, 5.41) is 11.5. The van der Waals surface area contributed by atoms with Crippen LogP contribution in [0.1, 0.15) is 16.8 Å². The van der Waals surface area contributed by atoms with Crippen LogP contribution in [0.25, 0.3) is 0 Å². The van der Waals surface area contributed by atoms with Crippen LogP contribution < -0.4 is 5.32 Å². The fourth-order valence-corrected chi connectivity index (χ4v) is 3.10. The third kappa shape index (κ3) is 5.22. The van der Waals surface area contributed by atoms with Gasteiger partial charge in [-0.3, -0.25) is 4.79 Å². The zero-order valence-corrected chi connectivity index (χ0v) is 14.8. The van der Waals surface area contributed by atoms with Gasteiger partial charge in [-0.15, -0.1) is 0 Å². The van der Waals surface area contributed by atoms with Crippen molar-refractivity contribution in [1.82, 2.24) is 9.62 Å². The number of nitrogens with zero attached hydrogens (tertiary/aromatic N) is 1. The Bertz CT molecular complexity index is 656. The predicted octanol–water partition coefficient (Wildman–Crippen LogP) is 0.873. The summed E-state index contributed by atoms with van der Waals surface area (Å²) in [6.45, 7) is 0. The molecule has 0 aliphatic carbocycles. The topological polar surface area (TPSA) is 104 Å². The molecule has 0 aromatic heterocycles. The molecule has 7 nitrogen and oxygen atoms in total. The SMILES string of the molecule is CSCCC(NC(=O)c1ccc(S(=O)(=O)N(C)C)cc1)C(=O)O. The summed E-state index contributed by atoms with van der Waals surface area (Å²) < 4.78 is 25.0. The molecule has 0 aliphatic rings. The summed E-state index contributed by atoms with van der Waals surface area (Å²) in [7, 11) is -0.731. The third-order valence-corrected chi connectivity index (χ3v) is 5.58. The van der Waals surface area contributed by atoms with Crippen molar-refractivity contribution in [3.8, 4) is 0 Å². The van der Waals surface area contributed by atoms with E-state index in [-0.39, 0.29) is 10.5 Å². The molecule has 0 saturated heterocycles. The maximum absolute atomic E-state index is 12.1. The van der Waals surface area contributed by atoms with Crippen molar-refractivity contribution < 1.29 is 23.1 Å². The second-order valence-corrected chi connectivity index (χ2v) is 8.09. The number of aliphatic carboxylic acids is 1. The van der Waals surface area contributed by atoms with E-state index in [4.69, 9.17) is 5.11 Å². The number of hydrogen-bond acceptors (Lipinski definition) is 5. The molecular formula is C14H20N2O5S2. The van der Waals surface area contributed by atoms with Crippen molar-refractivity contribution in [2.24, 2.45) is 0 Å². The van der Waals surface area contributed by atoms with E-state index in [9.17, 15) is 18.0 Å². The Labute approximate surface area is 140 Å². The van der Waals surface area contributed by atoms with Gasteiger partial charge in [-0.25, -0.2) is 17.5 Å². The first-order valence-electron chi connectivity index (χ1n) is 6.75. The van der Waals surface area contributed by atoms with E-state index in [1.54, 1.807) is 0 Å². The predicted molar refractivity (Wildman–Crippen MR) is 89.2 cm³/mol. The van der Waals surface area contributed by atoms with Crippen LogP contribution in [0.15, 0.2) is 29.2 Å². The van der Waals surface area contributed by atoms with E-state index in [1.165, 1.54) is 50.1 Å². The van der Waals surface area contributed by atoms with Gasteiger partial charge in [0.15, 0.2) is 0 Å². The van der Waals surface area contributed by atoms with Crippen molar-refractivity contribution in [1.29, 1.82) is 0 Å². The zero-order chi connectivity index (χ0) is 17.6. The zero-order valence-electron chi connectivity index (χ0n) is 13.1. The van der Waals surface area contributed by atoms with Crippen molar-refractivity contribution >= 4 is 33.7 Å². The van der Waals surface area contributed by atoms with Gasteiger partial charge in [0.25, 0.3) is 5.91 Å². The van der Waals surface area contributed by atoms with E-state index in [0.717, 1.165) is 4.31 Å². The van der Waals surface area contributed by atoms with E-state index < -0.39 is 27.9 Å².